The second-order valence-electron chi connectivity index (χ2n) is 7.42. The first kappa shape index (κ1) is 23.5. The molecule has 0 spiro atoms. The summed E-state index contributed by atoms with van der Waals surface area (Å²) in [4.78, 5) is 24.8. The van der Waals surface area contributed by atoms with E-state index in [1.165, 1.54) is 23.8 Å². The molecule has 0 aliphatic heterocycles. The van der Waals surface area contributed by atoms with Crippen molar-refractivity contribution in [2.75, 3.05) is 4.72 Å². The molecule has 0 aliphatic rings. The molecule has 1 unspecified atom stereocenters. The van der Waals surface area contributed by atoms with E-state index in [1.807, 2.05) is 25.1 Å². The number of rotatable bonds is 9. The summed E-state index contributed by atoms with van der Waals surface area (Å²) in [5, 5.41) is 1.66. The molecule has 0 saturated carbocycles. The zero-order valence-corrected chi connectivity index (χ0v) is 19.2. The molecule has 32 heavy (non-hydrogen) atoms. The number of carbonyl (C=O) groups is 2. The molecule has 0 aliphatic carbocycles. The third-order valence-electron chi connectivity index (χ3n) is 4.79. The SMILES string of the molecule is CC(CCc1ccccc1)CC(=O)NNC(=O)c1ccccc1NS(=O)(=O)c1cccs1. The summed E-state index contributed by atoms with van der Waals surface area (Å²) < 4.78 is 27.5. The number of amides is 2. The maximum atomic E-state index is 12.6. The second kappa shape index (κ2) is 10.9. The zero-order valence-electron chi connectivity index (χ0n) is 17.6. The molecule has 3 N–H and O–H groups in total. The van der Waals surface area contributed by atoms with Gasteiger partial charge in [-0.15, -0.1) is 11.3 Å². The topological polar surface area (TPSA) is 104 Å². The van der Waals surface area contributed by atoms with Gasteiger partial charge >= 0.3 is 0 Å². The third-order valence-corrected chi connectivity index (χ3v) is 7.56. The summed E-state index contributed by atoms with van der Waals surface area (Å²) in [5.74, 6) is -0.785. The van der Waals surface area contributed by atoms with Crippen LogP contribution in [0.1, 0.15) is 35.7 Å². The lowest BCUT2D eigenvalue weighted by molar-refractivity contribution is -0.122. The first-order valence-corrected chi connectivity index (χ1v) is 12.5. The molecule has 3 rings (SSSR count). The first-order valence-electron chi connectivity index (χ1n) is 10.1. The molecule has 1 aromatic heterocycles. The lowest BCUT2D eigenvalue weighted by atomic mass is 9.98. The maximum absolute atomic E-state index is 12.6. The van der Waals surface area contributed by atoms with E-state index in [1.54, 1.807) is 23.6 Å². The lowest BCUT2D eigenvalue weighted by Crippen LogP contribution is -2.42. The monoisotopic (exact) mass is 471 g/mol. The third kappa shape index (κ3) is 6.66. The number of hydrogen-bond acceptors (Lipinski definition) is 5. The van der Waals surface area contributed by atoms with Crippen LogP contribution in [0.3, 0.4) is 0 Å². The number of hydrogen-bond donors (Lipinski definition) is 3. The Balaban J connectivity index is 1.53. The van der Waals surface area contributed by atoms with Crippen molar-refractivity contribution in [2.24, 2.45) is 5.92 Å². The van der Waals surface area contributed by atoms with Crippen molar-refractivity contribution in [3.8, 4) is 0 Å². The van der Waals surface area contributed by atoms with E-state index in [0.29, 0.717) is 0 Å². The molecular weight excluding hydrogens is 446 g/mol. The fourth-order valence-corrected chi connectivity index (χ4v) is 5.18. The van der Waals surface area contributed by atoms with E-state index < -0.39 is 15.9 Å². The Morgan fingerprint density at radius 1 is 0.938 bits per heavy atom. The normalized spacial score (nSPS) is 12.0. The van der Waals surface area contributed by atoms with Crippen molar-refractivity contribution in [1.29, 1.82) is 0 Å². The van der Waals surface area contributed by atoms with Crippen LogP contribution in [-0.4, -0.2) is 20.2 Å². The average Bonchev–Trinajstić information content (AvgIpc) is 3.33. The molecule has 0 radical (unpaired) electrons. The second-order valence-corrected chi connectivity index (χ2v) is 10.3. The minimum Gasteiger partial charge on any atom is -0.278 e. The fourth-order valence-electron chi connectivity index (χ4n) is 3.10. The van der Waals surface area contributed by atoms with Crippen molar-refractivity contribution in [3.05, 3.63) is 83.2 Å². The van der Waals surface area contributed by atoms with Gasteiger partial charge in [0, 0.05) is 6.42 Å². The van der Waals surface area contributed by atoms with Gasteiger partial charge in [-0.2, -0.15) is 0 Å². The van der Waals surface area contributed by atoms with Gasteiger partial charge in [-0.3, -0.25) is 25.2 Å². The maximum Gasteiger partial charge on any atom is 0.271 e. The van der Waals surface area contributed by atoms with Crippen LogP contribution in [0.5, 0.6) is 0 Å². The number of aryl methyl sites for hydroxylation is 1. The van der Waals surface area contributed by atoms with Crippen molar-refractivity contribution < 1.29 is 18.0 Å². The minimum atomic E-state index is -3.80. The number of carbonyl (C=O) groups excluding carboxylic acids is 2. The van der Waals surface area contributed by atoms with Crippen LogP contribution in [0, 0.1) is 5.92 Å². The Morgan fingerprint density at radius 2 is 1.66 bits per heavy atom. The highest BCUT2D eigenvalue weighted by molar-refractivity contribution is 7.94. The molecule has 168 valence electrons. The van der Waals surface area contributed by atoms with Gasteiger partial charge in [-0.25, -0.2) is 8.42 Å². The quantitative estimate of drug-likeness (QED) is 0.411. The Morgan fingerprint density at radius 3 is 2.38 bits per heavy atom. The smallest absolute Gasteiger partial charge is 0.271 e. The molecule has 2 amide bonds. The lowest BCUT2D eigenvalue weighted by Gasteiger charge is -2.14. The first-order chi connectivity index (χ1) is 15.3. The van der Waals surface area contributed by atoms with Crippen molar-refractivity contribution in [3.63, 3.8) is 0 Å². The van der Waals surface area contributed by atoms with Crippen molar-refractivity contribution >= 4 is 38.9 Å². The summed E-state index contributed by atoms with van der Waals surface area (Å²) in [5.41, 5.74) is 6.23. The van der Waals surface area contributed by atoms with E-state index in [0.717, 1.165) is 24.2 Å². The Bertz CT molecular complexity index is 1150. The molecule has 7 nitrogen and oxygen atoms in total. The van der Waals surface area contributed by atoms with Crippen LogP contribution in [0.25, 0.3) is 0 Å². The van der Waals surface area contributed by atoms with Gasteiger partial charge in [0.05, 0.1) is 11.3 Å². The molecule has 1 heterocycles. The predicted molar refractivity (Wildman–Crippen MR) is 126 cm³/mol. The van der Waals surface area contributed by atoms with Crippen LogP contribution in [-0.2, 0) is 21.2 Å². The minimum absolute atomic E-state index is 0.102. The number of para-hydroxylation sites is 1. The van der Waals surface area contributed by atoms with Crippen LogP contribution in [0.2, 0.25) is 0 Å². The molecule has 0 fully saturated rings. The molecular formula is C23H25N3O4S2. The fraction of sp³-hybridized carbons (Fsp3) is 0.217. The highest BCUT2D eigenvalue weighted by Crippen LogP contribution is 2.22. The van der Waals surface area contributed by atoms with E-state index in [2.05, 4.69) is 27.7 Å². The number of benzene rings is 2. The largest absolute Gasteiger partial charge is 0.278 e. The van der Waals surface area contributed by atoms with Gasteiger partial charge in [-0.1, -0.05) is 55.5 Å². The van der Waals surface area contributed by atoms with Crippen molar-refractivity contribution in [2.45, 2.75) is 30.4 Å². The standard InChI is InChI=1S/C23H25N3O4S2/c1-17(13-14-18-8-3-2-4-9-18)16-21(27)24-25-23(28)19-10-5-6-11-20(19)26-32(29,30)22-12-7-15-31-22/h2-12,15,17,26H,13-14,16H2,1H3,(H,24,27)(H,25,28). The zero-order chi connectivity index (χ0) is 23.0. The number of nitrogens with one attached hydrogen (secondary N) is 3. The van der Waals surface area contributed by atoms with E-state index in [9.17, 15) is 18.0 Å². The number of anilines is 1. The Kier molecular flexibility index (Phi) is 8.02. The summed E-state index contributed by atoms with van der Waals surface area (Å²) >= 11 is 1.08. The van der Waals surface area contributed by atoms with E-state index in [4.69, 9.17) is 0 Å². The van der Waals surface area contributed by atoms with Crippen LogP contribution >= 0.6 is 11.3 Å². The number of thiophene rings is 1. The number of hydrazine groups is 1. The summed E-state index contributed by atoms with van der Waals surface area (Å²) in [6.07, 6.45) is 1.98. The van der Waals surface area contributed by atoms with Gasteiger partial charge in [0.2, 0.25) is 5.91 Å². The summed E-state index contributed by atoms with van der Waals surface area (Å²) in [7, 11) is -3.80. The summed E-state index contributed by atoms with van der Waals surface area (Å²) in [6, 6.07) is 19.4. The Labute approximate surface area is 191 Å². The highest BCUT2D eigenvalue weighted by Gasteiger charge is 2.20. The Hall–Kier alpha value is -3.17. The molecule has 9 heteroatoms. The molecule has 3 aromatic rings. The number of sulfonamides is 1. The molecule has 1 atom stereocenters. The van der Waals surface area contributed by atoms with Crippen LogP contribution < -0.4 is 15.6 Å². The van der Waals surface area contributed by atoms with Gasteiger partial charge in [-0.05, 0) is 47.9 Å². The van der Waals surface area contributed by atoms with Crippen molar-refractivity contribution in [1.82, 2.24) is 10.9 Å². The van der Waals surface area contributed by atoms with Gasteiger partial charge < -0.3 is 0 Å². The highest BCUT2D eigenvalue weighted by atomic mass is 32.2. The van der Waals surface area contributed by atoms with E-state index in [-0.39, 0.29) is 33.7 Å². The predicted octanol–water partition coefficient (Wildman–Crippen LogP) is 3.97. The summed E-state index contributed by atoms with van der Waals surface area (Å²) in [6.45, 7) is 1.99. The van der Waals surface area contributed by atoms with Gasteiger partial charge in [0.25, 0.3) is 15.9 Å². The molecule has 0 bridgehead atoms. The van der Waals surface area contributed by atoms with E-state index >= 15 is 0 Å². The van der Waals surface area contributed by atoms with Crippen LogP contribution in [0.15, 0.2) is 76.3 Å². The van der Waals surface area contributed by atoms with Crippen LogP contribution in [0.4, 0.5) is 5.69 Å². The van der Waals surface area contributed by atoms with Gasteiger partial charge in [0.1, 0.15) is 4.21 Å². The molecule has 0 saturated heterocycles. The average molecular weight is 472 g/mol. The molecule has 2 aromatic carbocycles. The van der Waals surface area contributed by atoms with Gasteiger partial charge in [0.15, 0.2) is 0 Å².